The summed E-state index contributed by atoms with van der Waals surface area (Å²) in [5.74, 6) is -1.62. The van der Waals surface area contributed by atoms with Crippen molar-refractivity contribution in [3.05, 3.63) is 89.0 Å². The molecule has 0 bridgehead atoms. The first-order valence-electron chi connectivity index (χ1n) is 9.48. The van der Waals surface area contributed by atoms with Gasteiger partial charge in [0, 0.05) is 11.5 Å². The Bertz CT molecular complexity index is 1410. The van der Waals surface area contributed by atoms with Crippen LogP contribution in [0.4, 0.5) is 20.3 Å². The molecule has 3 N–H and O–H groups in total. The van der Waals surface area contributed by atoms with E-state index in [9.17, 15) is 22.0 Å². The number of hydrogen-bond acceptors (Lipinski definition) is 4. The molecular weight excluding hydrogens is 438 g/mol. The van der Waals surface area contributed by atoms with Crippen molar-refractivity contribution in [2.24, 2.45) is 0 Å². The second-order valence-corrected chi connectivity index (χ2v) is 9.03. The zero-order valence-electron chi connectivity index (χ0n) is 16.8. The Kier molecular flexibility index (Phi) is 5.62. The average Bonchev–Trinajstić information content (AvgIpc) is 3.08. The van der Waals surface area contributed by atoms with Crippen molar-refractivity contribution in [2.75, 3.05) is 16.3 Å². The van der Waals surface area contributed by atoms with Crippen molar-refractivity contribution in [1.82, 2.24) is 10.2 Å². The number of benzene rings is 3. The number of amides is 1. The van der Waals surface area contributed by atoms with Gasteiger partial charge >= 0.3 is 0 Å². The van der Waals surface area contributed by atoms with Crippen molar-refractivity contribution >= 4 is 38.3 Å². The quantitative estimate of drug-likeness (QED) is 0.407. The minimum absolute atomic E-state index is 0.125. The SMILES string of the molecule is CS(=O)(=O)Nc1ccccc1C(=O)Nc1n[nH]c2ccc(Cc3cc(F)cc(F)c3)cc12. The Labute approximate surface area is 182 Å². The Balaban J connectivity index is 1.62. The molecule has 7 nitrogen and oxygen atoms in total. The van der Waals surface area contributed by atoms with Gasteiger partial charge in [0.1, 0.15) is 11.6 Å². The molecule has 10 heteroatoms. The normalized spacial score (nSPS) is 11.5. The molecule has 4 aromatic rings. The Morgan fingerprint density at radius 2 is 1.72 bits per heavy atom. The summed E-state index contributed by atoms with van der Waals surface area (Å²) in [6.45, 7) is 0. The van der Waals surface area contributed by atoms with E-state index < -0.39 is 27.6 Å². The summed E-state index contributed by atoms with van der Waals surface area (Å²) in [5.41, 5.74) is 2.15. The number of carbonyl (C=O) groups excluding carboxylic acids is 1. The van der Waals surface area contributed by atoms with E-state index in [0.29, 0.717) is 16.5 Å². The maximum atomic E-state index is 13.5. The molecule has 4 rings (SSSR count). The molecule has 0 fully saturated rings. The lowest BCUT2D eigenvalue weighted by atomic mass is 10.0. The van der Waals surface area contributed by atoms with Gasteiger partial charge in [0.25, 0.3) is 5.91 Å². The van der Waals surface area contributed by atoms with E-state index in [2.05, 4.69) is 20.2 Å². The van der Waals surface area contributed by atoms with E-state index in [-0.39, 0.29) is 23.5 Å². The van der Waals surface area contributed by atoms with Crippen molar-refractivity contribution < 1.29 is 22.0 Å². The van der Waals surface area contributed by atoms with Gasteiger partial charge in [-0.05, 0) is 53.9 Å². The molecule has 1 heterocycles. The van der Waals surface area contributed by atoms with Gasteiger partial charge in [-0.2, -0.15) is 5.10 Å². The number of nitrogens with one attached hydrogen (secondary N) is 3. The predicted octanol–water partition coefficient (Wildman–Crippen LogP) is 4.06. The summed E-state index contributed by atoms with van der Waals surface area (Å²) in [7, 11) is -3.58. The van der Waals surface area contributed by atoms with E-state index in [1.807, 2.05) is 0 Å². The maximum Gasteiger partial charge on any atom is 0.259 e. The first-order valence-corrected chi connectivity index (χ1v) is 11.4. The first-order chi connectivity index (χ1) is 15.2. The smallest absolute Gasteiger partial charge is 0.259 e. The number of sulfonamides is 1. The average molecular weight is 456 g/mol. The van der Waals surface area contributed by atoms with Crippen LogP contribution in [0.3, 0.4) is 0 Å². The number of para-hydroxylation sites is 1. The monoisotopic (exact) mass is 456 g/mol. The largest absolute Gasteiger partial charge is 0.304 e. The molecular formula is C22H18F2N4O3S. The topological polar surface area (TPSA) is 104 Å². The number of hydrogen-bond donors (Lipinski definition) is 3. The van der Waals surface area contributed by atoms with Gasteiger partial charge in [-0.1, -0.05) is 18.2 Å². The molecule has 0 saturated heterocycles. The fraction of sp³-hybridized carbons (Fsp3) is 0.0909. The van der Waals surface area contributed by atoms with Crippen molar-refractivity contribution in [3.8, 4) is 0 Å². The van der Waals surface area contributed by atoms with Crippen molar-refractivity contribution in [3.63, 3.8) is 0 Å². The number of H-pyrrole nitrogens is 1. The van der Waals surface area contributed by atoms with Gasteiger partial charge in [0.05, 0.1) is 23.0 Å². The van der Waals surface area contributed by atoms with Crippen LogP contribution in [0.25, 0.3) is 10.9 Å². The van der Waals surface area contributed by atoms with Gasteiger partial charge < -0.3 is 5.32 Å². The fourth-order valence-corrected chi connectivity index (χ4v) is 3.94. The second-order valence-electron chi connectivity index (χ2n) is 7.28. The lowest BCUT2D eigenvalue weighted by Gasteiger charge is -2.10. The number of fused-ring (bicyclic) bond motifs is 1. The third kappa shape index (κ3) is 4.92. The molecule has 32 heavy (non-hydrogen) atoms. The Hall–Kier alpha value is -3.79. The van der Waals surface area contributed by atoms with Crippen LogP contribution in [0.15, 0.2) is 60.7 Å². The third-order valence-corrected chi connectivity index (χ3v) is 5.25. The highest BCUT2D eigenvalue weighted by Gasteiger charge is 2.16. The molecule has 0 unspecified atom stereocenters. The van der Waals surface area contributed by atoms with E-state index in [0.717, 1.165) is 17.9 Å². The van der Waals surface area contributed by atoms with E-state index in [1.165, 1.54) is 24.3 Å². The molecule has 3 aromatic carbocycles. The number of aromatic nitrogens is 2. The molecule has 0 spiro atoms. The summed E-state index contributed by atoms with van der Waals surface area (Å²) < 4.78 is 52.5. The number of anilines is 2. The van der Waals surface area contributed by atoms with Crippen molar-refractivity contribution in [2.45, 2.75) is 6.42 Å². The van der Waals surface area contributed by atoms with Gasteiger partial charge in [-0.15, -0.1) is 0 Å². The molecule has 0 aliphatic rings. The van der Waals surface area contributed by atoms with E-state index in [1.54, 1.807) is 30.3 Å². The molecule has 0 aliphatic heterocycles. The van der Waals surface area contributed by atoms with Crippen LogP contribution in [-0.2, 0) is 16.4 Å². The van der Waals surface area contributed by atoms with Crippen LogP contribution < -0.4 is 10.0 Å². The van der Waals surface area contributed by atoms with Crippen molar-refractivity contribution in [1.29, 1.82) is 0 Å². The summed E-state index contributed by atoms with van der Waals surface area (Å²) in [4.78, 5) is 12.8. The lowest BCUT2D eigenvalue weighted by Crippen LogP contribution is -2.17. The minimum Gasteiger partial charge on any atom is -0.304 e. The fourth-order valence-electron chi connectivity index (χ4n) is 3.36. The molecule has 0 aliphatic carbocycles. The highest BCUT2D eigenvalue weighted by molar-refractivity contribution is 7.92. The van der Waals surface area contributed by atoms with E-state index >= 15 is 0 Å². The standard InChI is InChI=1S/C22H18F2N4O3S/c1-32(30,31)28-20-5-3-2-4-17(20)22(29)25-21-18-11-13(6-7-19(18)26-27-21)8-14-9-15(23)12-16(24)10-14/h2-7,9-12,28H,8H2,1H3,(H2,25,26,27,29). The molecule has 0 saturated carbocycles. The van der Waals surface area contributed by atoms with Gasteiger partial charge in [0.15, 0.2) is 5.82 Å². The highest BCUT2D eigenvalue weighted by Crippen LogP contribution is 2.25. The van der Waals surface area contributed by atoms with Crippen LogP contribution in [0.2, 0.25) is 0 Å². The molecule has 0 atom stereocenters. The molecule has 1 aromatic heterocycles. The summed E-state index contributed by atoms with van der Waals surface area (Å²) in [6.07, 6.45) is 1.28. The Morgan fingerprint density at radius 3 is 2.44 bits per heavy atom. The number of carbonyl (C=O) groups is 1. The van der Waals surface area contributed by atoms with Crippen LogP contribution >= 0.6 is 0 Å². The minimum atomic E-state index is -3.58. The van der Waals surface area contributed by atoms with Gasteiger partial charge in [0.2, 0.25) is 10.0 Å². The highest BCUT2D eigenvalue weighted by atomic mass is 32.2. The van der Waals surface area contributed by atoms with Crippen LogP contribution in [0, 0.1) is 11.6 Å². The lowest BCUT2D eigenvalue weighted by molar-refractivity contribution is 0.102. The first kappa shape index (κ1) is 21.4. The Morgan fingerprint density at radius 1 is 1.00 bits per heavy atom. The molecule has 164 valence electrons. The molecule has 0 radical (unpaired) electrons. The number of nitrogens with zero attached hydrogens (tertiary/aromatic N) is 1. The summed E-state index contributed by atoms with van der Waals surface area (Å²) >= 11 is 0. The third-order valence-electron chi connectivity index (χ3n) is 4.66. The zero-order valence-corrected chi connectivity index (χ0v) is 17.6. The van der Waals surface area contributed by atoms with Crippen LogP contribution in [0.5, 0.6) is 0 Å². The number of rotatable bonds is 6. The predicted molar refractivity (Wildman–Crippen MR) is 118 cm³/mol. The van der Waals surface area contributed by atoms with E-state index in [4.69, 9.17) is 0 Å². The molecule has 1 amide bonds. The number of aromatic amines is 1. The zero-order chi connectivity index (χ0) is 22.9. The summed E-state index contributed by atoms with van der Waals surface area (Å²) in [5, 5.41) is 10.2. The number of halogens is 2. The van der Waals surface area contributed by atoms with Crippen LogP contribution in [-0.4, -0.2) is 30.8 Å². The maximum absolute atomic E-state index is 13.5. The van der Waals surface area contributed by atoms with Gasteiger partial charge in [-0.3, -0.25) is 14.6 Å². The van der Waals surface area contributed by atoms with Gasteiger partial charge in [-0.25, -0.2) is 17.2 Å². The van der Waals surface area contributed by atoms with Crippen LogP contribution in [0.1, 0.15) is 21.5 Å². The second kappa shape index (κ2) is 8.39. The summed E-state index contributed by atoms with van der Waals surface area (Å²) in [6, 6.07) is 14.8.